The van der Waals surface area contributed by atoms with Gasteiger partial charge in [0.05, 0.1) is 11.2 Å². The Kier molecular flexibility index (Phi) is 2.52. The molecule has 3 heteroatoms. The molecule has 0 aromatic carbocycles. The monoisotopic (exact) mass is 186 g/mol. The molecule has 1 fully saturated rings. The van der Waals surface area contributed by atoms with Crippen LogP contribution in [0.1, 0.15) is 34.1 Å². The highest BCUT2D eigenvalue weighted by molar-refractivity contribution is 5.56. The lowest BCUT2D eigenvalue weighted by Gasteiger charge is -2.28. The van der Waals surface area contributed by atoms with Crippen LogP contribution in [0.3, 0.4) is 0 Å². The van der Waals surface area contributed by atoms with Gasteiger partial charge in [0.1, 0.15) is 12.4 Å². The van der Waals surface area contributed by atoms with Gasteiger partial charge in [0.25, 0.3) is 0 Å². The molecule has 1 N–H and O–H groups in total. The predicted molar refractivity (Wildman–Crippen MR) is 49.4 cm³/mol. The molecule has 13 heavy (non-hydrogen) atoms. The van der Waals surface area contributed by atoms with Crippen molar-refractivity contribution < 1.29 is 14.6 Å². The molecule has 76 valence electrons. The van der Waals surface area contributed by atoms with Crippen LogP contribution in [-0.4, -0.2) is 28.7 Å². The fourth-order valence-electron chi connectivity index (χ4n) is 2.23. The molecule has 0 aromatic heterocycles. The second kappa shape index (κ2) is 3.07. The molecule has 0 aromatic rings. The summed E-state index contributed by atoms with van der Waals surface area (Å²) in [5, 5.41) is 9.48. The van der Waals surface area contributed by atoms with E-state index in [0.717, 1.165) is 6.42 Å². The zero-order valence-electron chi connectivity index (χ0n) is 8.70. The summed E-state index contributed by atoms with van der Waals surface area (Å²) in [4.78, 5) is 10.5. The lowest BCUT2D eigenvalue weighted by atomic mass is 9.83. The van der Waals surface area contributed by atoms with Crippen LogP contribution < -0.4 is 0 Å². The normalized spacial score (nSPS) is 32.8. The van der Waals surface area contributed by atoms with E-state index in [1.165, 1.54) is 0 Å². The zero-order chi connectivity index (χ0) is 10.3. The van der Waals surface area contributed by atoms with Gasteiger partial charge in [-0.05, 0) is 34.1 Å². The van der Waals surface area contributed by atoms with Crippen LogP contribution in [-0.2, 0) is 9.53 Å². The lowest BCUT2D eigenvalue weighted by Crippen LogP contribution is -2.36. The number of hydrogen-bond donors (Lipinski definition) is 1. The first kappa shape index (κ1) is 10.7. The highest BCUT2D eigenvalue weighted by atomic mass is 16.5. The maximum absolute atomic E-state index is 10.5. The Balaban J connectivity index is 2.81. The quantitative estimate of drug-likeness (QED) is 0.658. The SMILES string of the molecule is CC1(C)CC(C(O)C=O)C(C)(C)O1. The van der Waals surface area contributed by atoms with Gasteiger partial charge in [-0.1, -0.05) is 0 Å². The Morgan fingerprint density at radius 3 is 2.31 bits per heavy atom. The number of carbonyl (C=O) groups is 1. The summed E-state index contributed by atoms with van der Waals surface area (Å²) in [6.07, 6.45) is 0.411. The molecule has 0 bridgehead atoms. The fraction of sp³-hybridized carbons (Fsp3) is 0.900. The second-order valence-corrected chi connectivity index (χ2v) is 4.90. The third-order valence-electron chi connectivity index (χ3n) is 2.70. The molecule has 0 saturated carbocycles. The summed E-state index contributed by atoms with van der Waals surface area (Å²) in [7, 11) is 0. The first-order chi connectivity index (χ1) is 5.78. The molecule has 0 amide bonds. The smallest absolute Gasteiger partial charge is 0.148 e. The van der Waals surface area contributed by atoms with Crippen LogP contribution in [0.15, 0.2) is 0 Å². The minimum Gasteiger partial charge on any atom is -0.385 e. The third-order valence-corrected chi connectivity index (χ3v) is 2.70. The van der Waals surface area contributed by atoms with Crippen molar-refractivity contribution in [2.45, 2.75) is 51.4 Å². The van der Waals surface area contributed by atoms with Gasteiger partial charge < -0.3 is 14.6 Å². The molecule has 1 saturated heterocycles. The Morgan fingerprint density at radius 1 is 1.46 bits per heavy atom. The van der Waals surface area contributed by atoms with E-state index in [9.17, 15) is 9.90 Å². The van der Waals surface area contributed by atoms with E-state index in [1.54, 1.807) is 0 Å². The number of hydrogen-bond acceptors (Lipinski definition) is 3. The maximum Gasteiger partial charge on any atom is 0.148 e. The van der Waals surface area contributed by atoms with Crippen molar-refractivity contribution in [3.8, 4) is 0 Å². The number of ether oxygens (including phenoxy) is 1. The van der Waals surface area contributed by atoms with Crippen molar-refractivity contribution in [3.05, 3.63) is 0 Å². The minimum absolute atomic E-state index is 0.0972. The van der Waals surface area contributed by atoms with Crippen LogP contribution in [0.4, 0.5) is 0 Å². The van der Waals surface area contributed by atoms with Gasteiger partial charge in [-0.15, -0.1) is 0 Å². The first-order valence-electron chi connectivity index (χ1n) is 4.62. The number of aliphatic hydroxyl groups is 1. The van der Waals surface area contributed by atoms with Gasteiger partial charge in [-0.2, -0.15) is 0 Å². The Hall–Kier alpha value is -0.410. The van der Waals surface area contributed by atoms with Gasteiger partial charge in [-0.3, -0.25) is 0 Å². The molecule has 2 atom stereocenters. The fourth-order valence-corrected chi connectivity index (χ4v) is 2.23. The third kappa shape index (κ3) is 2.09. The number of aldehydes is 1. The van der Waals surface area contributed by atoms with Crippen molar-refractivity contribution in [2.24, 2.45) is 5.92 Å². The van der Waals surface area contributed by atoms with Crippen LogP contribution >= 0.6 is 0 Å². The first-order valence-corrected chi connectivity index (χ1v) is 4.62. The molecule has 1 aliphatic rings. The minimum atomic E-state index is -0.906. The summed E-state index contributed by atoms with van der Waals surface area (Å²) in [5.74, 6) is -0.0972. The average Bonchev–Trinajstić information content (AvgIpc) is 2.17. The molecule has 1 heterocycles. The van der Waals surface area contributed by atoms with E-state index in [-0.39, 0.29) is 11.5 Å². The Labute approximate surface area is 79.1 Å². The standard InChI is InChI=1S/C10H18O3/c1-9(2)5-7(8(12)6-11)10(3,4)13-9/h6-8,12H,5H2,1-4H3. The topological polar surface area (TPSA) is 46.5 Å². The summed E-state index contributed by atoms with van der Waals surface area (Å²) < 4.78 is 5.75. The van der Waals surface area contributed by atoms with Gasteiger partial charge in [0, 0.05) is 5.92 Å². The molecular weight excluding hydrogens is 168 g/mol. The van der Waals surface area contributed by atoms with Crippen molar-refractivity contribution in [3.63, 3.8) is 0 Å². The molecule has 0 spiro atoms. The zero-order valence-corrected chi connectivity index (χ0v) is 8.70. The summed E-state index contributed by atoms with van der Waals surface area (Å²) in [6, 6.07) is 0. The molecule has 2 unspecified atom stereocenters. The van der Waals surface area contributed by atoms with E-state index in [1.807, 2.05) is 27.7 Å². The van der Waals surface area contributed by atoms with Crippen LogP contribution in [0.25, 0.3) is 0 Å². The number of rotatable bonds is 2. The molecule has 3 nitrogen and oxygen atoms in total. The van der Waals surface area contributed by atoms with E-state index < -0.39 is 11.7 Å². The van der Waals surface area contributed by atoms with Crippen LogP contribution in [0.2, 0.25) is 0 Å². The summed E-state index contributed by atoms with van der Waals surface area (Å²) in [6.45, 7) is 7.79. The highest BCUT2D eigenvalue weighted by Gasteiger charge is 2.48. The predicted octanol–water partition coefficient (Wildman–Crippen LogP) is 1.14. The maximum atomic E-state index is 10.5. The van der Waals surface area contributed by atoms with Crippen molar-refractivity contribution in [1.82, 2.24) is 0 Å². The lowest BCUT2D eigenvalue weighted by molar-refractivity contribution is -0.123. The van der Waals surface area contributed by atoms with E-state index in [4.69, 9.17) is 4.74 Å². The van der Waals surface area contributed by atoms with Gasteiger partial charge in [0.2, 0.25) is 0 Å². The van der Waals surface area contributed by atoms with Crippen LogP contribution in [0.5, 0.6) is 0 Å². The Bertz CT molecular complexity index is 208. The average molecular weight is 186 g/mol. The van der Waals surface area contributed by atoms with Crippen molar-refractivity contribution in [1.29, 1.82) is 0 Å². The van der Waals surface area contributed by atoms with Gasteiger partial charge >= 0.3 is 0 Å². The van der Waals surface area contributed by atoms with Gasteiger partial charge in [-0.25, -0.2) is 0 Å². The number of carbonyl (C=O) groups excluding carboxylic acids is 1. The van der Waals surface area contributed by atoms with Crippen molar-refractivity contribution in [2.75, 3.05) is 0 Å². The van der Waals surface area contributed by atoms with Crippen molar-refractivity contribution >= 4 is 6.29 Å². The highest BCUT2D eigenvalue weighted by Crippen LogP contribution is 2.43. The molecule has 1 rings (SSSR count). The molecule has 0 radical (unpaired) electrons. The van der Waals surface area contributed by atoms with Crippen LogP contribution in [0, 0.1) is 5.92 Å². The molecule has 1 aliphatic heterocycles. The van der Waals surface area contributed by atoms with E-state index in [2.05, 4.69) is 0 Å². The largest absolute Gasteiger partial charge is 0.385 e. The Morgan fingerprint density at radius 2 is 2.00 bits per heavy atom. The second-order valence-electron chi connectivity index (χ2n) is 4.90. The summed E-state index contributed by atoms with van der Waals surface area (Å²) >= 11 is 0. The molecule has 0 aliphatic carbocycles. The van der Waals surface area contributed by atoms with E-state index in [0.29, 0.717) is 6.29 Å². The van der Waals surface area contributed by atoms with Gasteiger partial charge in [0.15, 0.2) is 0 Å². The number of aliphatic hydroxyl groups excluding tert-OH is 1. The molecular formula is C10H18O3. The summed E-state index contributed by atoms with van der Waals surface area (Å²) in [5.41, 5.74) is -0.651. The van der Waals surface area contributed by atoms with E-state index >= 15 is 0 Å².